The molecule has 1 heteroatoms. The van der Waals surface area contributed by atoms with Crippen LogP contribution in [0.1, 0.15) is 82.8 Å². The van der Waals surface area contributed by atoms with Gasteiger partial charge < -0.3 is 0 Å². The maximum Gasteiger partial charge on any atom is 0.0694 e. The second-order valence-electron chi connectivity index (χ2n) is 6.77. The van der Waals surface area contributed by atoms with Gasteiger partial charge in [0.2, 0.25) is 0 Å². The number of benzene rings is 1. The predicted molar refractivity (Wildman–Crippen MR) is 89.3 cm³/mol. The summed E-state index contributed by atoms with van der Waals surface area (Å²) in [5, 5.41) is 0. The fourth-order valence-corrected chi connectivity index (χ4v) is 3.12. The van der Waals surface area contributed by atoms with Crippen molar-refractivity contribution >= 4 is 11.9 Å². The highest BCUT2D eigenvalue weighted by Crippen LogP contribution is 2.35. The van der Waals surface area contributed by atoms with E-state index < -0.39 is 0 Å². The molecule has 0 amide bonds. The Hall–Kier alpha value is -1.11. The van der Waals surface area contributed by atoms with Gasteiger partial charge in [0.25, 0.3) is 0 Å². The lowest BCUT2D eigenvalue weighted by atomic mass is 9.90. The fourth-order valence-electron chi connectivity index (χ4n) is 3.12. The minimum atomic E-state index is 0.534. The van der Waals surface area contributed by atoms with Crippen LogP contribution >= 0.6 is 0 Å². The Morgan fingerprint density at radius 1 is 0.950 bits per heavy atom. The molecule has 0 saturated heterocycles. The molecule has 1 aliphatic carbocycles. The molecule has 0 unspecified atom stereocenters. The van der Waals surface area contributed by atoms with Crippen LogP contribution in [0.25, 0.3) is 0 Å². The number of hydrogen-bond acceptors (Lipinski definition) is 1. The van der Waals surface area contributed by atoms with Crippen molar-refractivity contribution in [1.29, 1.82) is 0 Å². The smallest absolute Gasteiger partial charge is 0.0694 e. The molecule has 1 fully saturated rings. The highest BCUT2D eigenvalue weighted by molar-refractivity contribution is 5.69. The van der Waals surface area contributed by atoms with E-state index in [1.807, 2.05) is 0 Å². The van der Waals surface area contributed by atoms with Crippen molar-refractivity contribution < 1.29 is 0 Å². The minimum Gasteiger partial charge on any atom is -0.260 e. The van der Waals surface area contributed by atoms with Gasteiger partial charge in [-0.1, -0.05) is 65.2 Å². The molecule has 1 saturated carbocycles. The van der Waals surface area contributed by atoms with E-state index in [1.165, 1.54) is 48.9 Å². The molecule has 0 radical (unpaired) electrons. The van der Waals surface area contributed by atoms with Crippen LogP contribution in [0.5, 0.6) is 0 Å². The van der Waals surface area contributed by atoms with E-state index >= 15 is 0 Å². The summed E-state index contributed by atoms with van der Waals surface area (Å²) in [5.74, 6) is 1.77. The predicted octanol–water partition coefficient (Wildman–Crippen LogP) is 6.22. The fraction of sp³-hybridized carbons (Fsp3) is 0.632. The number of nitrogens with zero attached hydrogens (tertiary/aromatic N) is 1. The SMILES string of the molecule is CC(C)c1cccc(C(C)C)c1N=CC1CCCCC1. The minimum absolute atomic E-state index is 0.534. The molecule has 1 aromatic carbocycles. The van der Waals surface area contributed by atoms with E-state index in [-0.39, 0.29) is 0 Å². The van der Waals surface area contributed by atoms with Crippen LogP contribution in [-0.4, -0.2) is 6.21 Å². The Morgan fingerprint density at radius 2 is 1.50 bits per heavy atom. The third-order valence-electron chi connectivity index (χ3n) is 4.41. The summed E-state index contributed by atoms with van der Waals surface area (Å²) < 4.78 is 0. The molecule has 1 aliphatic rings. The van der Waals surface area contributed by atoms with Gasteiger partial charge >= 0.3 is 0 Å². The second kappa shape index (κ2) is 7.06. The molecule has 20 heavy (non-hydrogen) atoms. The average Bonchev–Trinajstić information content (AvgIpc) is 2.45. The van der Waals surface area contributed by atoms with E-state index in [4.69, 9.17) is 4.99 Å². The van der Waals surface area contributed by atoms with E-state index in [1.54, 1.807) is 0 Å². The lowest BCUT2D eigenvalue weighted by molar-refractivity contribution is 0.445. The summed E-state index contributed by atoms with van der Waals surface area (Å²) in [6.07, 6.45) is 9.05. The molecule has 110 valence electrons. The number of rotatable bonds is 4. The zero-order valence-corrected chi connectivity index (χ0v) is 13.5. The van der Waals surface area contributed by atoms with Gasteiger partial charge in [0.1, 0.15) is 0 Å². The molecule has 0 aromatic heterocycles. The first-order valence-corrected chi connectivity index (χ1v) is 8.26. The highest BCUT2D eigenvalue weighted by atomic mass is 14.7. The van der Waals surface area contributed by atoms with Gasteiger partial charge in [-0.2, -0.15) is 0 Å². The van der Waals surface area contributed by atoms with Gasteiger partial charge in [-0.3, -0.25) is 4.99 Å². The molecule has 2 rings (SSSR count). The summed E-state index contributed by atoms with van der Waals surface area (Å²) in [6.45, 7) is 9.05. The zero-order valence-electron chi connectivity index (χ0n) is 13.5. The van der Waals surface area contributed by atoms with Crippen molar-refractivity contribution in [1.82, 2.24) is 0 Å². The molecule has 1 aromatic rings. The van der Waals surface area contributed by atoms with Crippen LogP contribution in [0.4, 0.5) is 5.69 Å². The van der Waals surface area contributed by atoms with E-state index in [0.717, 1.165) is 0 Å². The largest absolute Gasteiger partial charge is 0.260 e. The first-order chi connectivity index (χ1) is 9.59. The summed E-state index contributed by atoms with van der Waals surface area (Å²) >= 11 is 0. The lowest BCUT2D eigenvalue weighted by Gasteiger charge is -2.19. The summed E-state index contributed by atoms with van der Waals surface area (Å²) in [7, 11) is 0. The molecular weight excluding hydrogens is 242 g/mol. The van der Waals surface area contributed by atoms with E-state index in [2.05, 4.69) is 52.1 Å². The zero-order chi connectivity index (χ0) is 14.5. The molecular formula is C19H29N. The summed E-state index contributed by atoms with van der Waals surface area (Å²) in [5.41, 5.74) is 4.02. The van der Waals surface area contributed by atoms with Gasteiger partial charge in [0.15, 0.2) is 0 Å². The van der Waals surface area contributed by atoms with Crippen molar-refractivity contribution in [2.75, 3.05) is 0 Å². The van der Waals surface area contributed by atoms with Gasteiger partial charge in [-0.25, -0.2) is 0 Å². The number of para-hydroxylation sites is 1. The Morgan fingerprint density at radius 3 is 2.00 bits per heavy atom. The van der Waals surface area contributed by atoms with Crippen molar-refractivity contribution in [3.63, 3.8) is 0 Å². The highest BCUT2D eigenvalue weighted by Gasteiger charge is 2.14. The van der Waals surface area contributed by atoms with E-state index in [0.29, 0.717) is 17.8 Å². The quantitative estimate of drug-likeness (QED) is 0.577. The molecule has 0 N–H and O–H groups in total. The Balaban J connectivity index is 2.29. The average molecular weight is 271 g/mol. The topological polar surface area (TPSA) is 12.4 Å². The van der Waals surface area contributed by atoms with Crippen LogP contribution < -0.4 is 0 Å². The van der Waals surface area contributed by atoms with Crippen LogP contribution in [0.15, 0.2) is 23.2 Å². The summed E-state index contributed by atoms with van der Waals surface area (Å²) in [4.78, 5) is 4.95. The van der Waals surface area contributed by atoms with Gasteiger partial charge in [-0.15, -0.1) is 0 Å². The summed E-state index contributed by atoms with van der Waals surface area (Å²) in [6, 6.07) is 6.67. The number of aliphatic imine (C=N–C) groups is 1. The standard InChI is InChI=1S/C19H29N/c1-14(2)17-11-8-12-18(15(3)4)19(17)20-13-16-9-6-5-7-10-16/h8,11-16H,5-7,9-10H2,1-4H3. The van der Waals surface area contributed by atoms with Crippen LogP contribution in [-0.2, 0) is 0 Å². The first-order valence-electron chi connectivity index (χ1n) is 8.26. The van der Waals surface area contributed by atoms with Crippen LogP contribution in [0, 0.1) is 5.92 Å². The third kappa shape index (κ3) is 3.71. The van der Waals surface area contributed by atoms with Gasteiger partial charge in [-0.05, 0) is 41.7 Å². The second-order valence-corrected chi connectivity index (χ2v) is 6.77. The maximum atomic E-state index is 4.95. The van der Waals surface area contributed by atoms with Crippen molar-refractivity contribution in [2.45, 2.75) is 71.6 Å². The van der Waals surface area contributed by atoms with Crippen LogP contribution in [0.3, 0.4) is 0 Å². The Labute approximate surface area is 124 Å². The molecule has 0 atom stereocenters. The first kappa shape index (κ1) is 15.3. The van der Waals surface area contributed by atoms with Crippen LogP contribution in [0.2, 0.25) is 0 Å². The normalized spacial score (nSPS) is 17.5. The Bertz CT molecular complexity index is 425. The number of hydrogen-bond donors (Lipinski definition) is 0. The lowest BCUT2D eigenvalue weighted by Crippen LogP contribution is -2.07. The molecule has 0 heterocycles. The Kier molecular flexibility index (Phi) is 5.39. The van der Waals surface area contributed by atoms with Crippen molar-refractivity contribution in [3.8, 4) is 0 Å². The third-order valence-corrected chi connectivity index (χ3v) is 4.41. The van der Waals surface area contributed by atoms with Crippen molar-refractivity contribution in [2.24, 2.45) is 10.9 Å². The van der Waals surface area contributed by atoms with E-state index in [9.17, 15) is 0 Å². The van der Waals surface area contributed by atoms with Crippen molar-refractivity contribution in [3.05, 3.63) is 29.3 Å². The maximum absolute atomic E-state index is 4.95. The monoisotopic (exact) mass is 271 g/mol. The molecule has 0 aliphatic heterocycles. The van der Waals surface area contributed by atoms with Gasteiger partial charge in [0.05, 0.1) is 5.69 Å². The molecule has 1 nitrogen and oxygen atoms in total. The van der Waals surface area contributed by atoms with Gasteiger partial charge in [0, 0.05) is 6.21 Å². The molecule has 0 spiro atoms. The molecule has 0 bridgehead atoms.